The van der Waals surface area contributed by atoms with E-state index >= 15 is 0 Å². The van der Waals surface area contributed by atoms with Gasteiger partial charge >= 0.3 is 0 Å². The maximum Gasteiger partial charge on any atom is 0.167 e. The van der Waals surface area contributed by atoms with Crippen LogP contribution in [-0.4, -0.2) is 80.2 Å². The first-order valence-corrected chi connectivity index (χ1v) is 11.4. The average Bonchev–Trinajstić information content (AvgIpc) is 3.54. The summed E-state index contributed by atoms with van der Waals surface area (Å²) in [6.07, 6.45) is 0.435. The lowest BCUT2D eigenvalue weighted by Crippen LogP contribution is -2.32. The first kappa shape index (κ1) is 21.4. The summed E-state index contributed by atoms with van der Waals surface area (Å²) in [6, 6.07) is 7.83. The largest absolute Gasteiger partial charge is 0.497 e. The second kappa shape index (κ2) is 9.20. The van der Waals surface area contributed by atoms with E-state index in [1.807, 2.05) is 24.3 Å². The summed E-state index contributed by atoms with van der Waals surface area (Å²) in [4.78, 5) is 14.1. The molecule has 2 aromatic heterocycles. The van der Waals surface area contributed by atoms with Crippen molar-refractivity contribution in [1.29, 1.82) is 0 Å². The number of benzene rings is 1. The summed E-state index contributed by atoms with van der Waals surface area (Å²) in [5.41, 5.74) is 1.11. The number of imidazole rings is 1. The van der Waals surface area contributed by atoms with Crippen molar-refractivity contribution in [3.63, 3.8) is 0 Å². The summed E-state index contributed by atoms with van der Waals surface area (Å²) in [7, 11) is 1.62. The van der Waals surface area contributed by atoms with Crippen LogP contribution in [0.2, 0.25) is 0 Å². The van der Waals surface area contributed by atoms with Crippen LogP contribution in [0.25, 0.3) is 11.2 Å². The Labute approximate surface area is 188 Å². The Morgan fingerprint density at radius 1 is 1.19 bits per heavy atom. The molecule has 1 unspecified atom stereocenters. The molecule has 5 rings (SSSR count). The number of rotatable bonds is 7. The summed E-state index contributed by atoms with van der Waals surface area (Å²) in [6.45, 7) is 1.34. The first-order chi connectivity index (χ1) is 15.6. The number of methoxy groups -OCH3 is 1. The highest BCUT2D eigenvalue weighted by atomic mass is 32.2. The zero-order chi connectivity index (χ0) is 22.1. The third-order valence-electron chi connectivity index (χ3n) is 5.71. The number of aromatic nitrogens is 4. The van der Waals surface area contributed by atoms with Crippen molar-refractivity contribution < 1.29 is 24.4 Å². The second-order valence-corrected chi connectivity index (χ2v) is 8.88. The minimum absolute atomic E-state index is 0.174. The van der Waals surface area contributed by atoms with E-state index in [0.29, 0.717) is 29.3 Å². The third kappa shape index (κ3) is 4.14. The maximum absolute atomic E-state index is 10.7. The number of anilines is 1. The van der Waals surface area contributed by atoms with Gasteiger partial charge in [0, 0.05) is 17.3 Å². The Balaban J connectivity index is 1.31. The fourth-order valence-corrected chi connectivity index (χ4v) is 4.89. The van der Waals surface area contributed by atoms with Crippen molar-refractivity contribution in [2.24, 2.45) is 0 Å². The van der Waals surface area contributed by atoms with Crippen LogP contribution in [0, 0.1) is 0 Å². The number of aliphatic hydroxyl groups is 2. The van der Waals surface area contributed by atoms with Crippen molar-refractivity contribution >= 4 is 28.7 Å². The van der Waals surface area contributed by atoms with Crippen LogP contribution >= 0.6 is 11.8 Å². The summed E-state index contributed by atoms with van der Waals surface area (Å²) >= 11 is 1.54. The third-order valence-corrected chi connectivity index (χ3v) is 6.82. The number of hydrogen-bond acceptors (Lipinski definition) is 10. The van der Waals surface area contributed by atoms with Crippen molar-refractivity contribution in [3.05, 3.63) is 36.9 Å². The molecular weight excluding hydrogens is 434 g/mol. The van der Waals surface area contributed by atoms with Gasteiger partial charge in [-0.05, 0) is 30.7 Å². The molecule has 10 nitrogen and oxygen atoms in total. The van der Waals surface area contributed by atoms with Gasteiger partial charge in [0.05, 0.1) is 32.2 Å². The van der Waals surface area contributed by atoms with E-state index < -0.39 is 24.5 Å². The molecule has 0 saturated carbocycles. The molecule has 2 fully saturated rings. The Bertz CT molecular complexity index is 1060. The lowest BCUT2D eigenvalue weighted by atomic mass is 10.1. The molecule has 0 bridgehead atoms. The molecule has 2 saturated heterocycles. The van der Waals surface area contributed by atoms with E-state index in [-0.39, 0.29) is 6.04 Å². The Hall–Kier alpha value is -2.44. The van der Waals surface area contributed by atoms with Crippen LogP contribution in [0.15, 0.2) is 41.8 Å². The number of nitrogens with zero attached hydrogens (tertiary/aromatic N) is 4. The predicted octanol–water partition coefficient (Wildman–Crippen LogP) is 1.45. The van der Waals surface area contributed by atoms with Crippen molar-refractivity contribution in [2.45, 2.75) is 41.9 Å². The van der Waals surface area contributed by atoms with E-state index in [0.717, 1.165) is 23.7 Å². The molecule has 170 valence electrons. The van der Waals surface area contributed by atoms with Crippen LogP contribution in [0.5, 0.6) is 5.75 Å². The van der Waals surface area contributed by atoms with Gasteiger partial charge in [0.2, 0.25) is 0 Å². The fraction of sp³-hybridized carbons (Fsp3) is 0.476. The standard InChI is InChI=1S/C21H25N5O5S/c1-29-13-2-4-14(5-3-13)32-9-15-17(27)18(28)21(31-15)26-11-24-16-19(22-10-23-20(16)26)25-12-6-7-30-8-12/h2-5,10-12,15,17-18,21,27-28H,6-9H2,1H3,(H,22,23,25)/t12-,15-,17-,18-,21?/m1/s1. The average molecular weight is 460 g/mol. The number of thioether (sulfide) groups is 1. The van der Waals surface area contributed by atoms with Crippen LogP contribution in [0.4, 0.5) is 5.82 Å². The van der Waals surface area contributed by atoms with E-state index in [1.165, 1.54) is 6.33 Å². The summed E-state index contributed by atoms with van der Waals surface area (Å²) in [5.74, 6) is 1.88. The lowest BCUT2D eigenvalue weighted by Gasteiger charge is -2.17. The van der Waals surface area contributed by atoms with Crippen LogP contribution in [0.3, 0.4) is 0 Å². The number of nitrogens with one attached hydrogen (secondary N) is 1. The number of aliphatic hydroxyl groups excluding tert-OH is 2. The van der Waals surface area contributed by atoms with E-state index in [1.54, 1.807) is 29.8 Å². The van der Waals surface area contributed by atoms with Crippen molar-refractivity contribution in [3.8, 4) is 5.75 Å². The van der Waals surface area contributed by atoms with Gasteiger partial charge in [-0.3, -0.25) is 4.57 Å². The Morgan fingerprint density at radius 3 is 2.78 bits per heavy atom. The van der Waals surface area contributed by atoms with Crippen molar-refractivity contribution in [2.75, 3.05) is 31.4 Å². The Morgan fingerprint density at radius 2 is 2.03 bits per heavy atom. The van der Waals surface area contributed by atoms with Gasteiger partial charge in [-0.25, -0.2) is 15.0 Å². The highest BCUT2D eigenvalue weighted by Crippen LogP contribution is 2.35. The quantitative estimate of drug-likeness (QED) is 0.447. The zero-order valence-electron chi connectivity index (χ0n) is 17.5. The molecule has 0 aliphatic carbocycles. The van der Waals surface area contributed by atoms with E-state index in [9.17, 15) is 10.2 Å². The Kier molecular flexibility index (Phi) is 6.15. The maximum atomic E-state index is 10.7. The van der Waals surface area contributed by atoms with Crippen LogP contribution < -0.4 is 10.1 Å². The van der Waals surface area contributed by atoms with Gasteiger partial charge in [-0.1, -0.05) is 0 Å². The molecule has 11 heteroatoms. The zero-order valence-corrected chi connectivity index (χ0v) is 18.3. The van der Waals surface area contributed by atoms with Gasteiger partial charge in [-0.2, -0.15) is 0 Å². The molecule has 3 N–H and O–H groups in total. The van der Waals surface area contributed by atoms with Crippen LogP contribution in [0.1, 0.15) is 12.6 Å². The minimum atomic E-state index is -1.11. The highest BCUT2D eigenvalue weighted by Gasteiger charge is 2.44. The molecule has 5 atom stereocenters. The second-order valence-electron chi connectivity index (χ2n) is 7.78. The number of hydrogen-bond donors (Lipinski definition) is 3. The highest BCUT2D eigenvalue weighted by molar-refractivity contribution is 7.99. The number of ether oxygens (including phenoxy) is 3. The van der Waals surface area contributed by atoms with Gasteiger partial charge in [-0.15, -0.1) is 11.8 Å². The van der Waals surface area contributed by atoms with E-state index in [4.69, 9.17) is 14.2 Å². The van der Waals surface area contributed by atoms with Crippen molar-refractivity contribution in [1.82, 2.24) is 19.5 Å². The minimum Gasteiger partial charge on any atom is -0.497 e. The first-order valence-electron chi connectivity index (χ1n) is 10.4. The smallest absolute Gasteiger partial charge is 0.167 e. The molecule has 0 spiro atoms. The monoisotopic (exact) mass is 459 g/mol. The topological polar surface area (TPSA) is 124 Å². The van der Waals surface area contributed by atoms with Crippen LogP contribution in [-0.2, 0) is 9.47 Å². The molecule has 0 radical (unpaired) electrons. The molecule has 4 heterocycles. The lowest BCUT2D eigenvalue weighted by molar-refractivity contribution is -0.0289. The SMILES string of the molecule is COc1ccc(SC[C@H]2OC(n3cnc4c(N[C@@H]5CCOC5)ncnc43)[C@H](O)[C@@H]2O)cc1. The summed E-state index contributed by atoms with van der Waals surface area (Å²) < 4.78 is 18.3. The molecule has 2 aliphatic heterocycles. The predicted molar refractivity (Wildman–Crippen MR) is 118 cm³/mol. The van der Waals surface area contributed by atoms with Gasteiger partial charge in [0.1, 0.15) is 24.3 Å². The molecule has 3 aromatic rings. The summed E-state index contributed by atoms with van der Waals surface area (Å²) in [5, 5.41) is 24.6. The molecular formula is C21H25N5O5S. The normalized spacial score (nSPS) is 27.8. The molecule has 0 amide bonds. The number of fused-ring (bicyclic) bond motifs is 1. The fourth-order valence-electron chi connectivity index (χ4n) is 3.93. The van der Waals surface area contributed by atoms with E-state index in [2.05, 4.69) is 20.3 Å². The molecule has 32 heavy (non-hydrogen) atoms. The molecule has 1 aromatic carbocycles. The molecule has 2 aliphatic rings. The van der Waals surface area contributed by atoms with Gasteiger partial charge < -0.3 is 29.7 Å². The van der Waals surface area contributed by atoms with Gasteiger partial charge in [0.25, 0.3) is 0 Å². The van der Waals surface area contributed by atoms with Gasteiger partial charge in [0.15, 0.2) is 23.2 Å².